The van der Waals surface area contributed by atoms with Crippen LogP contribution in [-0.2, 0) is 23.1 Å². The van der Waals surface area contributed by atoms with Crippen LogP contribution in [0.25, 0.3) is 0 Å². The fourth-order valence-electron chi connectivity index (χ4n) is 0.963. The minimum absolute atomic E-state index is 0.0673. The van der Waals surface area contributed by atoms with Gasteiger partial charge >= 0.3 is 13.6 Å². The van der Waals surface area contributed by atoms with Crippen molar-refractivity contribution in [2.75, 3.05) is 20.3 Å². The normalized spacial score (nSPS) is 12.6. The van der Waals surface area contributed by atoms with Gasteiger partial charge in [0.1, 0.15) is 11.5 Å². The molecule has 0 aromatic rings. The first-order valence-electron chi connectivity index (χ1n) is 4.84. The fraction of sp³-hybridized carbons (Fsp3) is 0.556. The van der Waals surface area contributed by atoms with Crippen molar-refractivity contribution in [3.63, 3.8) is 0 Å². The van der Waals surface area contributed by atoms with Gasteiger partial charge in [0.05, 0.1) is 20.3 Å². The van der Waals surface area contributed by atoms with Crippen LogP contribution in [0.15, 0.2) is 11.0 Å². The average molecular weight is 262 g/mol. The minimum atomic E-state index is -3.82. The lowest BCUT2D eigenvalue weighted by atomic mass is 10.3. The zero-order valence-corrected chi connectivity index (χ0v) is 10.8. The Morgan fingerprint density at radius 1 is 1.35 bits per heavy atom. The number of hydrogen-bond acceptors (Lipinski definition) is 7. The zero-order chi connectivity index (χ0) is 13.5. The molecular weight excluding hydrogens is 247 g/mol. The van der Waals surface area contributed by atoms with E-state index >= 15 is 0 Å². The summed E-state index contributed by atoms with van der Waals surface area (Å²) in [6.07, 6.45) is 0. The van der Waals surface area contributed by atoms with Gasteiger partial charge in [-0.3, -0.25) is 4.57 Å². The summed E-state index contributed by atoms with van der Waals surface area (Å²) in [5.74, 6) is -0.982. The smallest absolute Gasteiger partial charge is 0.378 e. The van der Waals surface area contributed by atoms with Crippen LogP contribution in [0.2, 0.25) is 0 Å². The molecule has 0 aliphatic carbocycles. The molecule has 0 aromatic carbocycles. The standard InChI is InChI=1S/C9H15N2O5P/c1-4-15-17(13,16-5-2)8(11)7(6-10)9(12)14-3/h4-5,11H2,1-3H3/b8-7+. The van der Waals surface area contributed by atoms with Crippen molar-refractivity contribution < 1.29 is 23.1 Å². The van der Waals surface area contributed by atoms with Crippen LogP contribution in [0.4, 0.5) is 0 Å². The average Bonchev–Trinajstić information content (AvgIpc) is 2.30. The molecule has 0 saturated carbocycles. The van der Waals surface area contributed by atoms with Gasteiger partial charge in [-0.25, -0.2) is 4.79 Å². The number of carbonyl (C=O) groups excluding carboxylic acids is 1. The highest BCUT2D eigenvalue weighted by molar-refractivity contribution is 7.58. The summed E-state index contributed by atoms with van der Waals surface area (Å²) in [6, 6.07) is 1.52. The fourth-order valence-corrected chi connectivity index (χ4v) is 2.41. The largest absolute Gasteiger partial charge is 0.465 e. The molecule has 0 aromatic heterocycles. The van der Waals surface area contributed by atoms with E-state index in [0.717, 1.165) is 7.11 Å². The van der Waals surface area contributed by atoms with E-state index in [2.05, 4.69) is 4.74 Å². The van der Waals surface area contributed by atoms with Crippen molar-refractivity contribution in [1.29, 1.82) is 5.26 Å². The SMILES string of the molecule is CCOP(=O)(OCC)/C(N)=C(\C#N)C(=O)OC. The van der Waals surface area contributed by atoms with Gasteiger partial charge in [0, 0.05) is 0 Å². The highest BCUT2D eigenvalue weighted by Gasteiger charge is 2.33. The molecule has 0 heterocycles. The third kappa shape index (κ3) is 3.86. The van der Waals surface area contributed by atoms with Crippen LogP contribution in [0.5, 0.6) is 0 Å². The van der Waals surface area contributed by atoms with E-state index in [-0.39, 0.29) is 13.2 Å². The van der Waals surface area contributed by atoms with Crippen molar-refractivity contribution in [1.82, 2.24) is 0 Å². The van der Waals surface area contributed by atoms with E-state index in [1.165, 1.54) is 6.07 Å². The second kappa shape index (κ2) is 7.07. The summed E-state index contributed by atoms with van der Waals surface area (Å²) in [4.78, 5) is 11.2. The Bertz CT molecular complexity index is 389. The topological polar surface area (TPSA) is 112 Å². The first kappa shape index (κ1) is 15.7. The number of carbonyl (C=O) groups is 1. The lowest BCUT2D eigenvalue weighted by Crippen LogP contribution is -2.14. The quantitative estimate of drug-likeness (QED) is 0.330. The number of nitriles is 1. The molecule has 96 valence electrons. The number of hydrogen-bond donors (Lipinski definition) is 1. The summed E-state index contributed by atoms with van der Waals surface area (Å²) in [5, 5.41) is 8.78. The Hall–Kier alpha value is -1.35. The maximum absolute atomic E-state index is 12.1. The van der Waals surface area contributed by atoms with Crippen LogP contribution in [0, 0.1) is 11.3 Å². The molecule has 8 heteroatoms. The van der Waals surface area contributed by atoms with Crippen molar-refractivity contribution in [3.8, 4) is 6.07 Å². The number of rotatable bonds is 6. The van der Waals surface area contributed by atoms with Crippen LogP contribution in [0.3, 0.4) is 0 Å². The van der Waals surface area contributed by atoms with E-state index in [9.17, 15) is 9.36 Å². The van der Waals surface area contributed by atoms with Crippen molar-refractivity contribution in [2.24, 2.45) is 5.73 Å². The third-order valence-electron chi connectivity index (χ3n) is 1.65. The number of nitrogens with two attached hydrogens (primary N) is 1. The van der Waals surface area contributed by atoms with Gasteiger partial charge < -0.3 is 19.5 Å². The van der Waals surface area contributed by atoms with Gasteiger partial charge in [-0.1, -0.05) is 0 Å². The molecule has 0 aliphatic heterocycles. The summed E-state index contributed by atoms with van der Waals surface area (Å²) >= 11 is 0. The zero-order valence-electron chi connectivity index (χ0n) is 9.93. The summed E-state index contributed by atoms with van der Waals surface area (Å²) in [6.45, 7) is 3.31. The molecule has 0 atom stereocenters. The maximum atomic E-state index is 12.1. The van der Waals surface area contributed by atoms with Gasteiger partial charge in [-0.05, 0) is 13.8 Å². The molecule has 7 nitrogen and oxygen atoms in total. The lowest BCUT2D eigenvalue weighted by Gasteiger charge is -2.17. The molecule has 0 rings (SSSR count). The van der Waals surface area contributed by atoms with Crippen molar-refractivity contribution in [3.05, 3.63) is 11.0 Å². The number of ether oxygens (including phenoxy) is 1. The molecule has 0 saturated heterocycles. The number of esters is 1. The Morgan fingerprint density at radius 2 is 1.82 bits per heavy atom. The first-order valence-corrected chi connectivity index (χ1v) is 6.38. The number of methoxy groups -OCH3 is 1. The maximum Gasteiger partial charge on any atom is 0.378 e. The predicted molar refractivity (Wildman–Crippen MR) is 59.7 cm³/mol. The van der Waals surface area contributed by atoms with E-state index in [1.54, 1.807) is 13.8 Å². The second-order valence-corrected chi connectivity index (χ2v) is 4.69. The molecule has 17 heavy (non-hydrogen) atoms. The van der Waals surface area contributed by atoms with E-state index in [0.29, 0.717) is 0 Å². The third-order valence-corrected chi connectivity index (χ3v) is 3.66. The second-order valence-electron chi connectivity index (χ2n) is 2.70. The van der Waals surface area contributed by atoms with Crippen LogP contribution in [0.1, 0.15) is 13.8 Å². The number of nitrogens with zero attached hydrogens (tertiary/aromatic N) is 1. The lowest BCUT2D eigenvalue weighted by molar-refractivity contribution is -0.135. The van der Waals surface area contributed by atoms with Gasteiger partial charge in [-0.15, -0.1) is 0 Å². The molecule has 0 unspecified atom stereocenters. The Balaban J connectivity index is 5.52. The molecule has 0 radical (unpaired) electrons. The van der Waals surface area contributed by atoms with Crippen molar-refractivity contribution in [2.45, 2.75) is 13.8 Å². The predicted octanol–water partition coefficient (Wildman–Crippen LogP) is 1.12. The highest BCUT2D eigenvalue weighted by atomic mass is 31.2. The molecule has 0 aliphatic rings. The van der Waals surface area contributed by atoms with Gasteiger partial charge in [0.2, 0.25) is 0 Å². The monoisotopic (exact) mass is 262 g/mol. The Kier molecular flexibility index (Phi) is 6.51. The molecule has 0 fully saturated rings. The first-order chi connectivity index (χ1) is 7.96. The Morgan fingerprint density at radius 3 is 2.12 bits per heavy atom. The summed E-state index contributed by atoms with van der Waals surface area (Å²) in [7, 11) is -2.73. The highest BCUT2D eigenvalue weighted by Crippen LogP contribution is 2.54. The summed E-state index contributed by atoms with van der Waals surface area (Å²) < 4.78 is 26.3. The molecule has 0 spiro atoms. The van der Waals surface area contributed by atoms with Gasteiger partial charge in [0.25, 0.3) is 0 Å². The van der Waals surface area contributed by atoms with Crippen LogP contribution in [-0.4, -0.2) is 26.3 Å². The molecule has 0 bridgehead atoms. The van der Waals surface area contributed by atoms with E-state index < -0.39 is 24.6 Å². The van der Waals surface area contributed by atoms with Crippen molar-refractivity contribution >= 4 is 13.6 Å². The molecule has 2 N–H and O–H groups in total. The molecule has 0 amide bonds. The Labute approximate surface area is 99.7 Å². The summed E-state index contributed by atoms with van der Waals surface area (Å²) in [5.41, 5.74) is 4.40. The van der Waals surface area contributed by atoms with Gasteiger partial charge in [0.15, 0.2) is 5.57 Å². The minimum Gasteiger partial charge on any atom is -0.465 e. The van der Waals surface area contributed by atoms with E-state index in [1.807, 2.05) is 0 Å². The van der Waals surface area contributed by atoms with Gasteiger partial charge in [-0.2, -0.15) is 5.26 Å². The van der Waals surface area contributed by atoms with Crippen LogP contribution < -0.4 is 5.73 Å². The van der Waals surface area contributed by atoms with E-state index in [4.69, 9.17) is 20.0 Å². The van der Waals surface area contributed by atoms with Crippen LogP contribution >= 0.6 is 7.60 Å². The molecular formula is C9H15N2O5P.